The van der Waals surface area contributed by atoms with E-state index in [1.807, 2.05) is 4.57 Å². The number of anilines is 1. The smallest absolute Gasteiger partial charge is 0.237 e. The highest BCUT2D eigenvalue weighted by Crippen LogP contribution is 2.27. The second-order valence-electron chi connectivity index (χ2n) is 5.97. The maximum absolute atomic E-state index is 13.2. The second kappa shape index (κ2) is 8.79. The molecule has 28 heavy (non-hydrogen) atoms. The van der Waals surface area contributed by atoms with Gasteiger partial charge in [0.05, 0.1) is 5.25 Å². The van der Waals surface area contributed by atoms with E-state index >= 15 is 0 Å². The minimum atomic E-state index is -0.473. The van der Waals surface area contributed by atoms with Gasteiger partial charge in [0, 0.05) is 17.8 Å². The molecule has 2 aromatic carbocycles. The van der Waals surface area contributed by atoms with E-state index in [-0.39, 0.29) is 17.5 Å². The third-order valence-corrected chi connectivity index (χ3v) is 4.97. The van der Waals surface area contributed by atoms with Crippen molar-refractivity contribution in [1.29, 1.82) is 0 Å². The number of hydrogen-bond acceptors (Lipinski definition) is 4. The Labute approximate surface area is 165 Å². The largest absolute Gasteiger partial charge is 0.325 e. The van der Waals surface area contributed by atoms with Crippen molar-refractivity contribution < 1.29 is 13.6 Å². The Kier molecular flexibility index (Phi) is 6.20. The van der Waals surface area contributed by atoms with Crippen LogP contribution in [0.25, 0.3) is 11.4 Å². The van der Waals surface area contributed by atoms with Crippen LogP contribution in [0.4, 0.5) is 14.5 Å². The minimum Gasteiger partial charge on any atom is -0.325 e. The van der Waals surface area contributed by atoms with Crippen LogP contribution in [-0.2, 0) is 11.3 Å². The predicted molar refractivity (Wildman–Crippen MR) is 106 cm³/mol. The molecule has 3 rings (SSSR count). The summed E-state index contributed by atoms with van der Waals surface area (Å²) in [6.45, 7) is 5.93. The number of benzene rings is 2. The Bertz CT molecular complexity index is 971. The van der Waals surface area contributed by atoms with Gasteiger partial charge < -0.3 is 5.32 Å². The number of allylic oxidation sites excluding steroid dienone is 1. The zero-order chi connectivity index (χ0) is 20.1. The molecule has 3 aromatic rings. The molecule has 0 fully saturated rings. The quantitative estimate of drug-likeness (QED) is 0.468. The van der Waals surface area contributed by atoms with Crippen LogP contribution in [0.3, 0.4) is 0 Å². The van der Waals surface area contributed by atoms with Crippen molar-refractivity contribution in [3.63, 3.8) is 0 Å². The zero-order valence-electron chi connectivity index (χ0n) is 15.1. The van der Waals surface area contributed by atoms with E-state index in [1.165, 1.54) is 48.2 Å². The van der Waals surface area contributed by atoms with Gasteiger partial charge in [0.1, 0.15) is 11.6 Å². The summed E-state index contributed by atoms with van der Waals surface area (Å²) in [6, 6.07) is 11.5. The van der Waals surface area contributed by atoms with Crippen LogP contribution < -0.4 is 5.32 Å². The Morgan fingerprint density at radius 2 is 1.75 bits per heavy atom. The molecule has 8 heteroatoms. The third-order valence-electron chi connectivity index (χ3n) is 3.89. The summed E-state index contributed by atoms with van der Waals surface area (Å²) in [5.74, 6) is -0.382. The SMILES string of the molecule is C=CCn1c(S[C@H](C)C(=O)Nc2ccc(F)cc2)nnc1-c1ccc(F)cc1. The average Bonchev–Trinajstić information content (AvgIpc) is 3.07. The van der Waals surface area contributed by atoms with Crippen LogP contribution in [0.5, 0.6) is 0 Å². The number of aromatic nitrogens is 3. The number of rotatable bonds is 7. The number of thioether (sulfide) groups is 1. The van der Waals surface area contributed by atoms with Crippen molar-refractivity contribution in [2.75, 3.05) is 5.32 Å². The predicted octanol–water partition coefficient (Wildman–Crippen LogP) is 4.53. The van der Waals surface area contributed by atoms with E-state index in [4.69, 9.17) is 0 Å². The van der Waals surface area contributed by atoms with Gasteiger partial charge in [-0.3, -0.25) is 9.36 Å². The lowest BCUT2D eigenvalue weighted by molar-refractivity contribution is -0.115. The Balaban J connectivity index is 1.77. The summed E-state index contributed by atoms with van der Waals surface area (Å²) in [4.78, 5) is 12.4. The number of halogens is 2. The molecule has 0 saturated heterocycles. The van der Waals surface area contributed by atoms with E-state index in [0.29, 0.717) is 28.8 Å². The minimum absolute atomic E-state index is 0.243. The first kappa shape index (κ1) is 19.8. The van der Waals surface area contributed by atoms with Crippen molar-refractivity contribution in [1.82, 2.24) is 14.8 Å². The summed E-state index contributed by atoms with van der Waals surface area (Å²) < 4.78 is 28.0. The molecule has 0 aliphatic rings. The van der Waals surface area contributed by atoms with E-state index in [0.717, 1.165) is 0 Å². The maximum atomic E-state index is 13.2. The number of nitrogens with zero attached hydrogens (tertiary/aromatic N) is 3. The first-order valence-electron chi connectivity index (χ1n) is 8.51. The Morgan fingerprint density at radius 1 is 1.14 bits per heavy atom. The molecule has 1 aromatic heterocycles. The molecule has 0 bridgehead atoms. The van der Waals surface area contributed by atoms with Crippen LogP contribution in [0.1, 0.15) is 6.92 Å². The van der Waals surface area contributed by atoms with Gasteiger partial charge >= 0.3 is 0 Å². The molecule has 1 atom stereocenters. The van der Waals surface area contributed by atoms with E-state index in [1.54, 1.807) is 25.1 Å². The van der Waals surface area contributed by atoms with Gasteiger partial charge in [-0.05, 0) is 55.5 Å². The normalized spacial score (nSPS) is 11.8. The lowest BCUT2D eigenvalue weighted by Gasteiger charge is -2.13. The number of hydrogen-bond donors (Lipinski definition) is 1. The molecule has 0 spiro atoms. The molecular formula is C20H18F2N4OS. The molecule has 1 heterocycles. The van der Waals surface area contributed by atoms with Crippen LogP contribution >= 0.6 is 11.8 Å². The monoisotopic (exact) mass is 400 g/mol. The molecule has 0 unspecified atom stereocenters. The van der Waals surface area contributed by atoms with Crippen molar-refractivity contribution in [3.8, 4) is 11.4 Å². The lowest BCUT2D eigenvalue weighted by Crippen LogP contribution is -2.23. The fourth-order valence-corrected chi connectivity index (χ4v) is 3.33. The number of carbonyl (C=O) groups is 1. The Morgan fingerprint density at radius 3 is 2.36 bits per heavy atom. The lowest BCUT2D eigenvalue weighted by atomic mass is 10.2. The summed E-state index contributed by atoms with van der Waals surface area (Å²) in [5, 5.41) is 11.2. The second-order valence-corrected chi connectivity index (χ2v) is 7.28. The van der Waals surface area contributed by atoms with E-state index in [2.05, 4.69) is 22.1 Å². The zero-order valence-corrected chi connectivity index (χ0v) is 15.9. The topological polar surface area (TPSA) is 59.8 Å². The molecular weight excluding hydrogens is 382 g/mol. The summed E-state index contributed by atoms with van der Waals surface area (Å²) in [6.07, 6.45) is 1.70. The van der Waals surface area contributed by atoms with Crippen molar-refractivity contribution in [2.24, 2.45) is 0 Å². The van der Waals surface area contributed by atoms with Gasteiger partial charge in [-0.2, -0.15) is 0 Å². The fraction of sp³-hybridized carbons (Fsp3) is 0.150. The van der Waals surface area contributed by atoms with Crippen molar-refractivity contribution in [2.45, 2.75) is 23.9 Å². The number of carbonyl (C=O) groups excluding carboxylic acids is 1. The molecule has 0 radical (unpaired) electrons. The van der Waals surface area contributed by atoms with Gasteiger partial charge in [0.15, 0.2) is 11.0 Å². The molecule has 0 saturated carbocycles. The average molecular weight is 400 g/mol. The molecule has 1 amide bonds. The molecule has 144 valence electrons. The van der Waals surface area contributed by atoms with Crippen LogP contribution in [0.2, 0.25) is 0 Å². The Hall–Kier alpha value is -3.00. The maximum Gasteiger partial charge on any atom is 0.237 e. The molecule has 5 nitrogen and oxygen atoms in total. The molecule has 1 N–H and O–H groups in total. The van der Waals surface area contributed by atoms with Gasteiger partial charge in [0.25, 0.3) is 0 Å². The van der Waals surface area contributed by atoms with E-state index < -0.39 is 5.25 Å². The standard InChI is InChI=1S/C20H18F2N4OS/c1-3-12-26-18(14-4-6-15(21)7-5-14)24-25-20(26)28-13(2)19(27)23-17-10-8-16(22)9-11-17/h3-11,13H,1,12H2,2H3,(H,23,27)/t13-/m1/s1. The summed E-state index contributed by atoms with van der Waals surface area (Å²) in [7, 11) is 0. The molecule has 0 aliphatic carbocycles. The highest BCUT2D eigenvalue weighted by atomic mass is 32.2. The number of amides is 1. The first-order chi connectivity index (χ1) is 13.5. The highest BCUT2D eigenvalue weighted by molar-refractivity contribution is 8.00. The van der Waals surface area contributed by atoms with Gasteiger partial charge in [-0.15, -0.1) is 16.8 Å². The van der Waals surface area contributed by atoms with Crippen molar-refractivity contribution in [3.05, 3.63) is 72.8 Å². The van der Waals surface area contributed by atoms with Gasteiger partial charge in [-0.25, -0.2) is 8.78 Å². The first-order valence-corrected chi connectivity index (χ1v) is 9.39. The third kappa shape index (κ3) is 4.64. The summed E-state index contributed by atoms with van der Waals surface area (Å²) >= 11 is 1.24. The van der Waals surface area contributed by atoms with Crippen molar-refractivity contribution >= 4 is 23.4 Å². The summed E-state index contributed by atoms with van der Waals surface area (Å²) in [5.41, 5.74) is 1.23. The van der Waals surface area contributed by atoms with Crippen LogP contribution in [0.15, 0.2) is 66.3 Å². The number of nitrogens with one attached hydrogen (secondary N) is 1. The van der Waals surface area contributed by atoms with Crippen LogP contribution in [-0.4, -0.2) is 25.9 Å². The fourth-order valence-electron chi connectivity index (χ4n) is 2.47. The highest BCUT2D eigenvalue weighted by Gasteiger charge is 2.20. The van der Waals surface area contributed by atoms with Gasteiger partial charge in [0.2, 0.25) is 5.91 Å². The molecule has 0 aliphatic heterocycles. The van der Waals surface area contributed by atoms with Gasteiger partial charge in [-0.1, -0.05) is 17.8 Å². The van der Waals surface area contributed by atoms with Crippen LogP contribution in [0, 0.1) is 11.6 Å². The van der Waals surface area contributed by atoms with E-state index in [9.17, 15) is 13.6 Å².